The second-order valence-corrected chi connectivity index (χ2v) is 10.3. The Balaban J connectivity index is 1.61. The van der Waals surface area contributed by atoms with Crippen LogP contribution in [0.1, 0.15) is 58.6 Å². The van der Waals surface area contributed by atoms with E-state index in [-0.39, 0.29) is 24.9 Å². The van der Waals surface area contributed by atoms with Crippen molar-refractivity contribution in [1.29, 1.82) is 0 Å². The molecule has 2 fully saturated rings. The molecular formula is C25H25F5N4O6. The number of benzene rings is 1. The number of alkyl halides is 3. The molecule has 40 heavy (non-hydrogen) atoms. The predicted molar refractivity (Wildman–Crippen MR) is 126 cm³/mol. The summed E-state index contributed by atoms with van der Waals surface area (Å²) in [7, 11) is 0. The standard InChI is InChI=1S/C25H25F5N4O6/c1-12-4-5-24(17-10-32(12)23(38)19-21(36)20(35)15(22(31)37)9-33(17)19)7-18(39-11-25(28,29)30)34(40-24)8-13-2-3-14(26)6-16(13)27/h2-3,6,9,12,17-18,36H,4-5,7-8,10-11H2,1H3,(H2,31,37)/t12-,17+,18?,24-/m0/s1. The quantitative estimate of drug-likeness (QED) is 0.528. The Morgan fingerprint density at radius 2 is 2.00 bits per heavy atom. The number of carbonyl (C=O) groups is 2. The molecular weight excluding hydrogens is 547 g/mol. The number of halogens is 5. The van der Waals surface area contributed by atoms with E-state index in [1.54, 1.807) is 6.92 Å². The van der Waals surface area contributed by atoms with Crippen molar-refractivity contribution in [3.8, 4) is 5.75 Å². The molecule has 0 saturated carbocycles. The van der Waals surface area contributed by atoms with Gasteiger partial charge in [0.15, 0.2) is 11.4 Å². The molecule has 3 aliphatic rings. The van der Waals surface area contributed by atoms with E-state index >= 15 is 0 Å². The number of nitrogens with two attached hydrogens (primary N) is 1. The fraction of sp³-hybridized carbons (Fsp3) is 0.480. The van der Waals surface area contributed by atoms with Crippen LogP contribution in [-0.2, 0) is 16.1 Å². The number of ether oxygens (including phenoxy) is 1. The van der Waals surface area contributed by atoms with Gasteiger partial charge in [-0.2, -0.15) is 18.2 Å². The minimum Gasteiger partial charge on any atom is -0.503 e. The second kappa shape index (κ2) is 9.82. The largest absolute Gasteiger partial charge is 0.503 e. The van der Waals surface area contributed by atoms with Crippen molar-refractivity contribution in [2.45, 2.75) is 62.8 Å². The number of hydroxylamine groups is 2. The van der Waals surface area contributed by atoms with Crippen LogP contribution in [-0.4, -0.2) is 68.6 Å². The molecule has 2 bridgehead atoms. The zero-order chi connectivity index (χ0) is 29.1. The summed E-state index contributed by atoms with van der Waals surface area (Å²) < 4.78 is 73.8. The Bertz CT molecular complexity index is 1430. The molecule has 1 spiro atoms. The lowest BCUT2D eigenvalue weighted by Crippen LogP contribution is -2.52. The lowest BCUT2D eigenvalue weighted by Gasteiger charge is -2.42. The average Bonchev–Trinajstić information content (AvgIpc) is 3.16. The van der Waals surface area contributed by atoms with Crippen molar-refractivity contribution in [2.24, 2.45) is 5.73 Å². The SMILES string of the molecule is C[C@H]1CC[C@]2(CC(OCC(F)(F)F)N(Cc3ccc(F)cc3F)O2)[C@H]2CN1C(=O)c1c(O)c(=O)c(C(N)=O)cn12. The van der Waals surface area contributed by atoms with E-state index in [0.717, 1.165) is 23.4 Å². The van der Waals surface area contributed by atoms with Gasteiger partial charge in [-0.15, -0.1) is 0 Å². The minimum atomic E-state index is -4.69. The highest BCUT2D eigenvalue weighted by atomic mass is 19.4. The highest BCUT2D eigenvalue weighted by Crippen LogP contribution is 2.49. The van der Waals surface area contributed by atoms with Gasteiger partial charge in [-0.3, -0.25) is 19.2 Å². The summed E-state index contributed by atoms with van der Waals surface area (Å²) in [6.45, 7) is -0.357. The van der Waals surface area contributed by atoms with Gasteiger partial charge in [0.1, 0.15) is 35.6 Å². The molecule has 1 unspecified atom stereocenters. The maximum absolute atomic E-state index is 14.5. The molecule has 216 valence electrons. The molecule has 3 aliphatic heterocycles. The smallest absolute Gasteiger partial charge is 0.411 e. The molecule has 10 nitrogen and oxygen atoms in total. The molecule has 0 radical (unpaired) electrons. The van der Waals surface area contributed by atoms with E-state index in [1.165, 1.54) is 9.47 Å². The lowest BCUT2D eigenvalue weighted by atomic mass is 9.85. The Morgan fingerprint density at radius 3 is 2.65 bits per heavy atom. The summed E-state index contributed by atoms with van der Waals surface area (Å²) in [5.41, 5.74) is 1.72. The zero-order valence-electron chi connectivity index (χ0n) is 21.1. The maximum Gasteiger partial charge on any atom is 0.411 e. The first kappa shape index (κ1) is 28.0. The van der Waals surface area contributed by atoms with Crippen LogP contribution < -0.4 is 11.2 Å². The number of aromatic nitrogens is 1. The van der Waals surface area contributed by atoms with Gasteiger partial charge in [-0.1, -0.05) is 6.07 Å². The first-order chi connectivity index (χ1) is 18.7. The van der Waals surface area contributed by atoms with Crippen molar-refractivity contribution >= 4 is 11.8 Å². The molecule has 0 aliphatic carbocycles. The summed E-state index contributed by atoms with van der Waals surface area (Å²) in [6, 6.07) is 1.41. The van der Waals surface area contributed by atoms with Crippen molar-refractivity contribution in [1.82, 2.24) is 14.5 Å². The molecule has 2 amide bonds. The molecule has 4 heterocycles. The molecule has 1 aromatic carbocycles. The van der Waals surface area contributed by atoms with Gasteiger partial charge in [-0.05, 0) is 25.8 Å². The number of hydrogen-bond acceptors (Lipinski definition) is 7. The van der Waals surface area contributed by atoms with E-state index in [0.29, 0.717) is 12.5 Å². The maximum atomic E-state index is 14.5. The zero-order valence-corrected chi connectivity index (χ0v) is 21.1. The number of primary amides is 1. The van der Waals surface area contributed by atoms with Crippen LogP contribution in [0.15, 0.2) is 29.2 Å². The summed E-state index contributed by atoms with van der Waals surface area (Å²) >= 11 is 0. The van der Waals surface area contributed by atoms with Crippen LogP contribution in [0, 0.1) is 11.6 Å². The van der Waals surface area contributed by atoms with E-state index in [1.807, 2.05) is 0 Å². The third-order valence-electron chi connectivity index (χ3n) is 7.69. The topological polar surface area (TPSA) is 127 Å². The molecule has 5 rings (SSSR count). The molecule has 2 saturated heterocycles. The highest BCUT2D eigenvalue weighted by molar-refractivity contribution is 5.99. The van der Waals surface area contributed by atoms with Crippen LogP contribution >= 0.6 is 0 Å². The Kier molecular flexibility index (Phi) is 6.87. The van der Waals surface area contributed by atoms with E-state index < -0.39 is 89.1 Å². The number of aromatic hydroxyl groups is 1. The second-order valence-electron chi connectivity index (χ2n) is 10.3. The van der Waals surface area contributed by atoms with Crippen molar-refractivity contribution in [3.63, 3.8) is 0 Å². The van der Waals surface area contributed by atoms with E-state index in [9.17, 15) is 41.4 Å². The minimum absolute atomic E-state index is 0.0434. The van der Waals surface area contributed by atoms with Crippen LogP contribution in [0.3, 0.4) is 0 Å². The first-order valence-corrected chi connectivity index (χ1v) is 12.4. The Morgan fingerprint density at radius 1 is 1.27 bits per heavy atom. The number of pyridine rings is 1. The van der Waals surface area contributed by atoms with Gasteiger partial charge >= 0.3 is 6.18 Å². The van der Waals surface area contributed by atoms with Crippen molar-refractivity contribution in [2.75, 3.05) is 13.2 Å². The van der Waals surface area contributed by atoms with Crippen molar-refractivity contribution < 1.29 is 46.2 Å². The van der Waals surface area contributed by atoms with Gasteiger partial charge in [0.05, 0.1) is 12.6 Å². The summed E-state index contributed by atoms with van der Waals surface area (Å²) in [5.74, 6) is -4.62. The summed E-state index contributed by atoms with van der Waals surface area (Å²) in [5, 5.41) is 11.7. The van der Waals surface area contributed by atoms with Gasteiger partial charge in [0.25, 0.3) is 11.8 Å². The first-order valence-electron chi connectivity index (χ1n) is 12.4. The van der Waals surface area contributed by atoms with Gasteiger partial charge in [-0.25, -0.2) is 8.78 Å². The average molecular weight is 572 g/mol. The Hall–Kier alpha value is -3.56. The van der Waals surface area contributed by atoms with Crippen LogP contribution in [0.25, 0.3) is 0 Å². The van der Waals surface area contributed by atoms with E-state index in [4.69, 9.17) is 15.3 Å². The predicted octanol–water partition coefficient (Wildman–Crippen LogP) is 2.59. The fourth-order valence-corrected chi connectivity index (χ4v) is 5.68. The molecule has 1 aromatic heterocycles. The van der Waals surface area contributed by atoms with Crippen LogP contribution in [0.2, 0.25) is 0 Å². The van der Waals surface area contributed by atoms with Gasteiger partial charge < -0.3 is 25.0 Å². The molecule has 2 aromatic rings. The van der Waals surface area contributed by atoms with Crippen LogP contribution in [0.4, 0.5) is 22.0 Å². The third kappa shape index (κ3) is 4.81. The van der Waals surface area contributed by atoms with Gasteiger partial charge in [0.2, 0.25) is 5.43 Å². The van der Waals surface area contributed by atoms with Gasteiger partial charge in [0, 0.05) is 36.8 Å². The number of fused-ring (bicyclic) bond motifs is 5. The molecule has 15 heteroatoms. The summed E-state index contributed by atoms with van der Waals surface area (Å²) in [4.78, 5) is 45.6. The number of nitrogens with zero attached hydrogens (tertiary/aromatic N) is 3. The normalized spacial score (nSPS) is 26.7. The summed E-state index contributed by atoms with van der Waals surface area (Å²) in [6.07, 6.45) is -4.71. The fourth-order valence-electron chi connectivity index (χ4n) is 5.68. The van der Waals surface area contributed by atoms with E-state index in [2.05, 4.69) is 0 Å². The number of rotatable bonds is 5. The number of amides is 2. The third-order valence-corrected chi connectivity index (χ3v) is 7.69. The molecule has 4 atom stereocenters. The van der Waals surface area contributed by atoms with Crippen molar-refractivity contribution in [3.05, 3.63) is 63.1 Å². The highest BCUT2D eigenvalue weighted by Gasteiger charge is 2.57. The number of hydrogen-bond donors (Lipinski definition) is 2. The van der Waals surface area contributed by atoms with Crippen LogP contribution in [0.5, 0.6) is 5.75 Å². The molecule has 3 N–H and O–H groups in total. The number of carbonyl (C=O) groups excluding carboxylic acids is 2. The Labute approximate surface area is 223 Å². The monoisotopic (exact) mass is 572 g/mol. The lowest BCUT2D eigenvalue weighted by molar-refractivity contribution is -0.272.